The average molecular weight is 328 g/mol. The van der Waals surface area contributed by atoms with Crippen molar-refractivity contribution in [1.29, 1.82) is 0 Å². The average Bonchev–Trinajstić information content (AvgIpc) is 3.14. The van der Waals surface area contributed by atoms with E-state index in [-0.39, 0.29) is 12.0 Å². The van der Waals surface area contributed by atoms with E-state index in [0.717, 1.165) is 25.2 Å². The van der Waals surface area contributed by atoms with Crippen molar-refractivity contribution >= 4 is 17.5 Å². The van der Waals surface area contributed by atoms with E-state index < -0.39 is 0 Å². The van der Waals surface area contributed by atoms with Crippen LogP contribution >= 0.6 is 0 Å². The summed E-state index contributed by atoms with van der Waals surface area (Å²) in [5, 5.41) is 5.91. The van der Waals surface area contributed by atoms with Crippen molar-refractivity contribution in [2.24, 2.45) is 0 Å². The first-order chi connectivity index (χ1) is 11.7. The summed E-state index contributed by atoms with van der Waals surface area (Å²) < 4.78 is 10.6. The maximum Gasteiger partial charge on any atom is 0.274 e. The van der Waals surface area contributed by atoms with E-state index in [0.29, 0.717) is 23.9 Å². The summed E-state index contributed by atoms with van der Waals surface area (Å²) in [4.78, 5) is 20.7. The summed E-state index contributed by atoms with van der Waals surface area (Å²) in [5.74, 6) is 0.867. The highest BCUT2D eigenvalue weighted by Gasteiger charge is 2.16. The Morgan fingerprint density at radius 1 is 1.33 bits per heavy atom. The van der Waals surface area contributed by atoms with Crippen LogP contribution in [0, 0.1) is 0 Å². The molecule has 1 atom stereocenters. The van der Waals surface area contributed by atoms with Crippen molar-refractivity contribution in [3.8, 4) is 5.75 Å². The number of amides is 1. The summed E-state index contributed by atoms with van der Waals surface area (Å²) >= 11 is 0. The number of carbonyl (C=O) groups is 1. The monoisotopic (exact) mass is 328 g/mol. The van der Waals surface area contributed by atoms with E-state index in [9.17, 15) is 4.79 Å². The van der Waals surface area contributed by atoms with Gasteiger partial charge in [0.1, 0.15) is 11.4 Å². The third-order valence-corrected chi connectivity index (χ3v) is 3.75. The topological polar surface area (TPSA) is 85.4 Å². The van der Waals surface area contributed by atoms with Crippen molar-refractivity contribution in [1.82, 2.24) is 9.97 Å². The highest BCUT2D eigenvalue weighted by atomic mass is 16.5. The molecule has 7 heteroatoms. The van der Waals surface area contributed by atoms with E-state index in [2.05, 4.69) is 20.6 Å². The van der Waals surface area contributed by atoms with Crippen LogP contribution in [0.25, 0.3) is 0 Å². The molecule has 2 heterocycles. The number of ether oxygens (including phenoxy) is 2. The van der Waals surface area contributed by atoms with E-state index in [1.807, 2.05) is 0 Å². The number of hydrogen-bond donors (Lipinski definition) is 2. The summed E-state index contributed by atoms with van der Waals surface area (Å²) in [6, 6.07) is 8.69. The second-order valence-corrected chi connectivity index (χ2v) is 5.46. The first-order valence-corrected chi connectivity index (χ1v) is 7.88. The van der Waals surface area contributed by atoms with Crippen LogP contribution in [0.3, 0.4) is 0 Å². The Morgan fingerprint density at radius 3 is 2.88 bits per heavy atom. The molecule has 24 heavy (non-hydrogen) atoms. The molecule has 1 aliphatic rings. The molecule has 2 N–H and O–H groups in total. The molecule has 0 aliphatic carbocycles. The summed E-state index contributed by atoms with van der Waals surface area (Å²) in [5.41, 5.74) is 0.976. The lowest BCUT2D eigenvalue weighted by Gasteiger charge is -2.11. The Labute approximate surface area is 140 Å². The van der Waals surface area contributed by atoms with E-state index in [1.54, 1.807) is 43.6 Å². The molecule has 2 aromatic rings. The molecule has 1 amide bonds. The molecule has 0 radical (unpaired) electrons. The van der Waals surface area contributed by atoms with Crippen LogP contribution in [0.4, 0.5) is 11.6 Å². The predicted octanol–water partition coefficient (Wildman–Crippen LogP) is 2.33. The van der Waals surface area contributed by atoms with E-state index >= 15 is 0 Å². The zero-order valence-corrected chi connectivity index (χ0v) is 13.5. The SMILES string of the molecule is COc1ccc(NC(=O)c2ccnc(NCC3CCCO3)n2)cc1. The van der Waals surface area contributed by atoms with Crippen molar-refractivity contribution in [2.45, 2.75) is 18.9 Å². The Kier molecular flexibility index (Phi) is 5.22. The third kappa shape index (κ3) is 4.20. The molecular weight excluding hydrogens is 308 g/mol. The van der Waals surface area contributed by atoms with Gasteiger partial charge in [-0.2, -0.15) is 0 Å². The third-order valence-electron chi connectivity index (χ3n) is 3.75. The summed E-state index contributed by atoms with van der Waals surface area (Å²) in [7, 11) is 1.60. The number of carbonyl (C=O) groups excluding carboxylic acids is 1. The second-order valence-electron chi connectivity index (χ2n) is 5.46. The van der Waals surface area contributed by atoms with Gasteiger partial charge < -0.3 is 20.1 Å². The van der Waals surface area contributed by atoms with Gasteiger partial charge in [-0.15, -0.1) is 0 Å². The number of methoxy groups -OCH3 is 1. The van der Waals surface area contributed by atoms with Crippen molar-refractivity contribution in [2.75, 3.05) is 30.9 Å². The minimum absolute atomic E-state index is 0.186. The van der Waals surface area contributed by atoms with Crippen molar-refractivity contribution in [3.05, 3.63) is 42.2 Å². The van der Waals surface area contributed by atoms with Crippen LogP contribution in [0.15, 0.2) is 36.5 Å². The van der Waals surface area contributed by atoms with Crippen LogP contribution in [-0.2, 0) is 4.74 Å². The largest absolute Gasteiger partial charge is 0.497 e. The number of nitrogens with one attached hydrogen (secondary N) is 2. The van der Waals surface area contributed by atoms with Crippen LogP contribution in [-0.4, -0.2) is 42.2 Å². The fourth-order valence-corrected chi connectivity index (χ4v) is 2.45. The molecule has 7 nitrogen and oxygen atoms in total. The summed E-state index contributed by atoms with van der Waals surface area (Å²) in [6.07, 6.45) is 3.86. The zero-order chi connectivity index (χ0) is 16.8. The quantitative estimate of drug-likeness (QED) is 0.846. The van der Waals surface area contributed by atoms with Crippen LogP contribution in [0.5, 0.6) is 5.75 Å². The maximum absolute atomic E-state index is 12.3. The molecule has 1 aliphatic heterocycles. The van der Waals surface area contributed by atoms with Gasteiger partial charge in [-0.3, -0.25) is 4.79 Å². The molecular formula is C17H20N4O3. The van der Waals surface area contributed by atoms with Crippen LogP contribution in [0.2, 0.25) is 0 Å². The lowest BCUT2D eigenvalue weighted by Crippen LogP contribution is -2.21. The lowest BCUT2D eigenvalue weighted by molar-refractivity contribution is 0.102. The molecule has 1 unspecified atom stereocenters. The first kappa shape index (κ1) is 16.2. The van der Waals surface area contributed by atoms with Gasteiger partial charge >= 0.3 is 0 Å². The fourth-order valence-electron chi connectivity index (χ4n) is 2.45. The van der Waals surface area contributed by atoms with Gasteiger partial charge in [-0.25, -0.2) is 9.97 Å². The van der Waals surface area contributed by atoms with E-state index in [4.69, 9.17) is 9.47 Å². The minimum atomic E-state index is -0.289. The molecule has 126 valence electrons. The normalized spacial score (nSPS) is 16.6. The highest BCUT2D eigenvalue weighted by Crippen LogP contribution is 2.16. The molecule has 0 bridgehead atoms. The number of rotatable bonds is 6. The lowest BCUT2D eigenvalue weighted by atomic mass is 10.2. The Balaban J connectivity index is 1.60. The molecule has 1 saturated heterocycles. The maximum atomic E-state index is 12.3. The fraction of sp³-hybridized carbons (Fsp3) is 0.353. The number of anilines is 2. The first-order valence-electron chi connectivity index (χ1n) is 7.88. The molecule has 1 aromatic carbocycles. The van der Waals surface area contributed by atoms with Gasteiger partial charge in [0.05, 0.1) is 13.2 Å². The van der Waals surface area contributed by atoms with Crippen LogP contribution in [0.1, 0.15) is 23.3 Å². The van der Waals surface area contributed by atoms with E-state index in [1.165, 1.54) is 0 Å². The molecule has 0 saturated carbocycles. The second kappa shape index (κ2) is 7.74. The Hall–Kier alpha value is -2.67. The van der Waals surface area contributed by atoms with Crippen molar-refractivity contribution < 1.29 is 14.3 Å². The minimum Gasteiger partial charge on any atom is -0.497 e. The summed E-state index contributed by atoms with van der Waals surface area (Å²) in [6.45, 7) is 1.45. The van der Waals surface area contributed by atoms with Gasteiger partial charge in [-0.05, 0) is 43.2 Å². The van der Waals surface area contributed by atoms with Crippen molar-refractivity contribution in [3.63, 3.8) is 0 Å². The molecule has 1 aromatic heterocycles. The number of benzene rings is 1. The number of aromatic nitrogens is 2. The van der Waals surface area contributed by atoms with Gasteiger partial charge in [0.25, 0.3) is 5.91 Å². The molecule has 3 rings (SSSR count). The predicted molar refractivity (Wildman–Crippen MR) is 90.4 cm³/mol. The Morgan fingerprint density at radius 2 is 2.17 bits per heavy atom. The van der Waals surface area contributed by atoms with Crippen LogP contribution < -0.4 is 15.4 Å². The zero-order valence-electron chi connectivity index (χ0n) is 13.5. The number of nitrogens with zero attached hydrogens (tertiary/aromatic N) is 2. The molecule has 1 fully saturated rings. The smallest absolute Gasteiger partial charge is 0.274 e. The highest BCUT2D eigenvalue weighted by molar-refractivity contribution is 6.02. The van der Waals surface area contributed by atoms with Gasteiger partial charge in [0, 0.05) is 25.0 Å². The molecule has 0 spiro atoms. The van der Waals surface area contributed by atoms with Gasteiger partial charge in [0.2, 0.25) is 5.95 Å². The van der Waals surface area contributed by atoms with Gasteiger partial charge in [0.15, 0.2) is 0 Å². The number of hydrogen-bond acceptors (Lipinski definition) is 6. The standard InChI is InChI=1S/C17H20N4O3/c1-23-13-6-4-12(5-7-13)20-16(22)15-8-9-18-17(21-15)19-11-14-3-2-10-24-14/h4-9,14H,2-3,10-11H2,1H3,(H,20,22)(H,18,19,21). The Bertz CT molecular complexity index is 684. The van der Waals surface area contributed by atoms with Gasteiger partial charge in [-0.1, -0.05) is 0 Å².